The minimum atomic E-state index is 0. The van der Waals surface area contributed by atoms with Crippen molar-refractivity contribution in [1.82, 2.24) is 0 Å². The molecule has 0 spiro atoms. The molecule has 0 aromatic heterocycles. The summed E-state index contributed by atoms with van der Waals surface area (Å²) < 4.78 is 1.46. The van der Waals surface area contributed by atoms with Gasteiger partial charge < -0.3 is 0 Å². The Labute approximate surface area is 97.9 Å². The quantitative estimate of drug-likeness (QED) is 0.481. The Morgan fingerprint density at radius 3 is 1.56 bits per heavy atom. The normalized spacial score (nSPS) is 6.67. The first-order valence-electron chi connectivity index (χ1n) is 2.41. The number of halogens is 2. The first kappa shape index (κ1) is 12.9. The molecular formula is C6H9AlI2. The Bertz CT molecular complexity index is 141. The zero-order chi connectivity index (χ0) is 5.11. The summed E-state index contributed by atoms with van der Waals surface area (Å²) in [5, 5.41) is 0. The van der Waals surface area contributed by atoms with Crippen molar-refractivity contribution in [3.8, 4) is 0 Å². The lowest BCUT2D eigenvalue weighted by atomic mass is 10.4. The monoisotopic (exact) mass is 362 g/mol. The van der Waals surface area contributed by atoms with Gasteiger partial charge in [-0.25, -0.2) is 0 Å². The minimum Gasteiger partial charge on any atom is -0.121 e. The highest BCUT2D eigenvalue weighted by Crippen LogP contribution is 1.76. The molecule has 0 nitrogen and oxygen atoms in total. The van der Waals surface area contributed by atoms with Crippen LogP contribution < -0.4 is 4.43 Å². The number of hydrogen-bond donors (Lipinski definition) is 0. The Kier molecular flexibility index (Phi) is 10.5. The molecular weight excluding hydrogens is 353 g/mol. The van der Waals surface area contributed by atoms with Gasteiger partial charge in [-0.1, -0.05) is 30.3 Å². The van der Waals surface area contributed by atoms with E-state index in [1.807, 2.05) is 6.07 Å². The van der Waals surface area contributed by atoms with Crippen LogP contribution in [0.25, 0.3) is 0 Å². The van der Waals surface area contributed by atoms with Gasteiger partial charge in [0.1, 0.15) is 0 Å². The van der Waals surface area contributed by atoms with Crippen molar-refractivity contribution < 1.29 is 0 Å². The third kappa shape index (κ3) is 5.65. The summed E-state index contributed by atoms with van der Waals surface area (Å²) in [7, 11) is 0. The number of benzene rings is 1. The van der Waals surface area contributed by atoms with E-state index in [0.717, 1.165) is 0 Å². The van der Waals surface area contributed by atoms with Crippen molar-refractivity contribution in [2.24, 2.45) is 0 Å². The molecule has 0 fully saturated rings. The highest BCUT2D eigenvalue weighted by Gasteiger charge is 1.72. The van der Waals surface area contributed by atoms with E-state index in [9.17, 15) is 0 Å². The van der Waals surface area contributed by atoms with Crippen LogP contribution in [-0.4, -0.2) is 16.3 Å². The lowest BCUT2D eigenvalue weighted by molar-refractivity contribution is 1.78. The third-order valence-corrected chi connectivity index (χ3v) is 1.61. The topological polar surface area (TPSA) is 0 Å². The van der Waals surface area contributed by atoms with E-state index in [4.69, 9.17) is 0 Å². The van der Waals surface area contributed by atoms with Gasteiger partial charge in [-0.3, -0.25) is 0 Å². The maximum absolute atomic E-state index is 2.15. The summed E-state index contributed by atoms with van der Waals surface area (Å²) in [5.74, 6) is 0. The van der Waals surface area contributed by atoms with Crippen LogP contribution in [-0.2, 0) is 0 Å². The van der Waals surface area contributed by atoms with Crippen molar-refractivity contribution in [1.29, 1.82) is 0 Å². The predicted molar refractivity (Wildman–Crippen MR) is 65.5 cm³/mol. The zero-order valence-electron chi connectivity index (χ0n) is 5.20. The van der Waals surface area contributed by atoms with Crippen molar-refractivity contribution in [3.05, 3.63) is 30.3 Å². The molecule has 0 N–H and O–H groups in total. The van der Waals surface area contributed by atoms with E-state index in [1.54, 1.807) is 0 Å². The second kappa shape index (κ2) is 7.32. The van der Waals surface area contributed by atoms with Crippen LogP contribution >= 0.6 is 48.0 Å². The lowest BCUT2D eigenvalue weighted by Crippen LogP contribution is -1.97. The first-order valence-corrected chi connectivity index (χ1v) is 3.41. The molecule has 0 bridgehead atoms. The molecule has 1 aromatic rings. The zero-order valence-corrected chi connectivity index (χ0v) is 11.9. The molecule has 0 aliphatic rings. The maximum atomic E-state index is 2.15. The Balaban J connectivity index is 0. The van der Waals surface area contributed by atoms with E-state index in [1.165, 1.54) is 20.7 Å². The largest absolute Gasteiger partial charge is 0.258 e. The summed E-state index contributed by atoms with van der Waals surface area (Å²) in [6.07, 6.45) is 0. The molecule has 9 heavy (non-hydrogen) atoms. The van der Waals surface area contributed by atoms with E-state index >= 15 is 0 Å². The second-order valence-corrected chi connectivity index (χ2v) is 2.81. The molecule has 3 heteroatoms. The minimum absolute atomic E-state index is 0. The van der Waals surface area contributed by atoms with Gasteiger partial charge in [0.15, 0.2) is 0 Å². The van der Waals surface area contributed by atoms with E-state index < -0.39 is 0 Å². The molecule has 0 atom stereocenters. The maximum Gasteiger partial charge on any atom is 0.258 e. The van der Waals surface area contributed by atoms with Gasteiger partial charge >= 0.3 is 0 Å². The van der Waals surface area contributed by atoms with Crippen LogP contribution in [0, 0.1) is 0 Å². The Morgan fingerprint density at radius 2 is 1.33 bits per heavy atom. The lowest BCUT2D eigenvalue weighted by Gasteiger charge is -1.83. The molecule has 0 aliphatic heterocycles. The molecule has 0 saturated heterocycles. The molecule has 0 radical (unpaired) electrons. The smallest absolute Gasteiger partial charge is 0.121 e. The van der Waals surface area contributed by atoms with E-state index in [2.05, 4.69) is 24.3 Å². The van der Waals surface area contributed by atoms with Gasteiger partial charge in [0.2, 0.25) is 0 Å². The van der Waals surface area contributed by atoms with Crippen molar-refractivity contribution in [2.75, 3.05) is 0 Å². The fraction of sp³-hybridized carbons (Fsp3) is 0. The van der Waals surface area contributed by atoms with Crippen LogP contribution in [0.5, 0.6) is 0 Å². The molecule has 0 heterocycles. The molecule has 0 amide bonds. The van der Waals surface area contributed by atoms with E-state index in [0.29, 0.717) is 0 Å². The summed E-state index contributed by atoms with van der Waals surface area (Å²) in [6, 6.07) is 10.5. The Morgan fingerprint density at radius 1 is 0.889 bits per heavy atom. The van der Waals surface area contributed by atoms with Gasteiger partial charge in [-0.05, 0) is 0 Å². The Hall–Kier alpha value is 1.21. The molecule has 0 saturated carbocycles. The SMILES string of the molecule is I.I.[AlH2][c]1ccccc1. The van der Waals surface area contributed by atoms with Crippen LogP contribution in [0.15, 0.2) is 30.3 Å². The molecule has 0 aliphatic carbocycles. The predicted octanol–water partition coefficient (Wildman–Crippen LogP) is 1.18. The van der Waals surface area contributed by atoms with Gasteiger partial charge in [-0.2, -0.15) is 0 Å². The van der Waals surface area contributed by atoms with Gasteiger partial charge in [-0.15, -0.1) is 52.4 Å². The van der Waals surface area contributed by atoms with Crippen LogP contribution in [0.4, 0.5) is 0 Å². The number of rotatable bonds is 0. The average Bonchev–Trinajstić information content (AvgIpc) is 1.69. The summed E-state index contributed by atoms with van der Waals surface area (Å²) in [4.78, 5) is 0. The van der Waals surface area contributed by atoms with Crippen LogP contribution in [0.3, 0.4) is 0 Å². The standard InChI is InChI=1S/C6H5.Al.2HI.2H/c1-2-4-6-5-3-1;;;;;/h1-5H;;2*1H;;. The second-order valence-electron chi connectivity index (χ2n) is 1.65. The molecule has 0 unspecified atom stereocenters. The van der Waals surface area contributed by atoms with Crippen molar-refractivity contribution >= 4 is 68.7 Å². The number of hydrogen-bond acceptors (Lipinski definition) is 0. The third-order valence-electron chi connectivity index (χ3n) is 0.940. The molecule has 1 rings (SSSR count). The van der Waals surface area contributed by atoms with E-state index in [-0.39, 0.29) is 48.0 Å². The van der Waals surface area contributed by atoms with Gasteiger partial charge in [0.05, 0.1) is 0 Å². The average molecular weight is 362 g/mol. The van der Waals surface area contributed by atoms with Crippen molar-refractivity contribution in [3.63, 3.8) is 0 Å². The van der Waals surface area contributed by atoms with Gasteiger partial charge in [0, 0.05) is 0 Å². The first-order chi connectivity index (χ1) is 3.39. The van der Waals surface area contributed by atoms with Crippen LogP contribution in [0.2, 0.25) is 0 Å². The van der Waals surface area contributed by atoms with Crippen molar-refractivity contribution in [2.45, 2.75) is 0 Å². The summed E-state index contributed by atoms with van der Waals surface area (Å²) in [5.41, 5.74) is 0. The van der Waals surface area contributed by atoms with Crippen LogP contribution in [0.1, 0.15) is 0 Å². The summed E-state index contributed by atoms with van der Waals surface area (Å²) in [6.45, 7) is 0. The fourth-order valence-corrected chi connectivity index (χ4v) is 0.919. The summed E-state index contributed by atoms with van der Waals surface area (Å²) >= 11 is 1.17. The fourth-order valence-electron chi connectivity index (χ4n) is 0.534. The van der Waals surface area contributed by atoms with Gasteiger partial charge in [0.25, 0.3) is 16.3 Å². The highest BCUT2D eigenvalue weighted by molar-refractivity contribution is 14.0. The highest BCUT2D eigenvalue weighted by atomic mass is 127. The molecule has 50 valence electrons. The molecule has 1 aromatic carbocycles.